The van der Waals surface area contributed by atoms with Crippen LogP contribution in [0.5, 0.6) is 0 Å². The van der Waals surface area contributed by atoms with Crippen LogP contribution in [-0.2, 0) is 27.2 Å². The molecule has 1 N–H and O–H groups in total. The quantitative estimate of drug-likeness (QED) is 0.715. The number of methoxy groups -OCH3 is 1. The molecule has 1 fully saturated rings. The van der Waals surface area contributed by atoms with E-state index in [9.17, 15) is 4.79 Å². The number of carbonyl (C=O) groups is 1. The van der Waals surface area contributed by atoms with E-state index in [1.807, 2.05) is 5.38 Å². The van der Waals surface area contributed by atoms with Crippen LogP contribution in [0, 0.1) is 0 Å². The van der Waals surface area contributed by atoms with Gasteiger partial charge in [-0.2, -0.15) is 0 Å². The smallest absolute Gasteiger partial charge is 0.226 e. The highest BCUT2D eigenvalue weighted by Gasteiger charge is 2.12. The van der Waals surface area contributed by atoms with Crippen molar-refractivity contribution in [2.75, 3.05) is 46.6 Å². The number of ether oxygens (including phenoxy) is 2. The van der Waals surface area contributed by atoms with Crippen molar-refractivity contribution in [3.8, 4) is 10.6 Å². The standard InChI is InChI=1S/C19H25N3O3S/c1-24-9-6-20-18(23)12-17-14-26-19(21-17)16-4-2-15(3-5-16)13-22-7-10-25-11-8-22/h2-5,14H,6-13H2,1H3,(H,20,23). The minimum absolute atomic E-state index is 0.0280. The van der Waals surface area contributed by atoms with Crippen molar-refractivity contribution in [1.29, 1.82) is 0 Å². The van der Waals surface area contributed by atoms with Gasteiger partial charge < -0.3 is 14.8 Å². The van der Waals surface area contributed by atoms with Crippen molar-refractivity contribution >= 4 is 17.2 Å². The van der Waals surface area contributed by atoms with Crippen LogP contribution in [0.15, 0.2) is 29.6 Å². The Bertz CT molecular complexity index is 696. The van der Waals surface area contributed by atoms with Gasteiger partial charge in [-0.05, 0) is 5.56 Å². The van der Waals surface area contributed by atoms with Crippen LogP contribution < -0.4 is 5.32 Å². The summed E-state index contributed by atoms with van der Waals surface area (Å²) in [5, 5.41) is 5.71. The molecular formula is C19H25N3O3S. The van der Waals surface area contributed by atoms with E-state index < -0.39 is 0 Å². The topological polar surface area (TPSA) is 63.7 Å². The van der Waals surface area contributed by atoms with Crippen LogP contribution >= 0.6 is 11.3 Å². The van der Waals surface area contributed by atoms with Gasteiger partial charge in [-0.15, -0.1) is 11.3 Å². The van der Waals surface area contributed by atoms with Crippen molar-refractivity contribution in [2.45, 2.75) is 13.0 Å². The Hall–Kier alpha value is -1.80. The van der Waals surface area contributed by atoms with E-state index in [0.717, 1.165) is 49.1 Å². The molecule has 140 valence electrons. The summed E-state index contributed by atoms with van der Waals surface area (Å²) >= 11 is 1.57. The number of hydrogen-bond acceptors (Lipinski definition) is 6. The highest BCUT2D eigenvalue weighted by molar-refractivity contribution is 7.13. The highest BCUT2D eigenvalue weighted by Crippen LogP contribution is 2.24. The zero-order chi connectivity index (χ0) is 18.2. The zero-order valence-electron chi connectivity index (χ0n) is 15.1. The number of thiazole rings is 1. The molecule has 0 radical (unpaired) electrons. The van der Waals surface area contributed by atoms with Gasteiger partial charge >= 0.3 is 0 Å². The minimum atomic E-state index is -0.0280. The predicted octanol–water partition coefficient (Wildman–Crippen LogP) is 1.95. The summed E-state index contributed by atoms with van der Waals surface area (Å²) in [5.74, 6) is -0.0280. The van der Waals surface area contributed by atoms with E-state index in [2.05, 4.69) is 39.5 Å². The Balaban J connectivity index is 1.54. The lowest BCUT2D eigenvalue weighted by Gasteiger charge is -2.26. The van der Waals surface area contributed by atoms with Gasteiger partial charge in [0.25, 0.3) is 0 Å². The largest absolute Gasteiger partial charge is 0.383 e. The molecule has 7 heteroatoms. The van der Waals surface area contributed by atoms with Gasteiger partial charge in [0.1, 0.15) is 5.01 Å². The molecule has 1 aromatic heterocycles. The molecule has 1 aromatic carbocycles. The Morgan fingerprint density at radius 1 is 1.31 bits per heavy atom. The molecule has 1 amide bonds. The van der Waals surface area contributed by atoms with Crippen LogP contribution in [-0.4, -0.2) is 62.4 Å². The molecule has 1 saturated heterocycles. The van der Waals surface area contributed by atoms with Gasteiger partial charge in [0, 0.05) is 44.2 Å². The first kappa shape index (κ1) is 19.0. The summed E-state index contributed by atoms with van der Waals surface area (Å²) in [4.78, 5) is 18.8. The number of morpholine rings is 1. The lowest BCUT2D eigenvalue weighted by atomic mass is 10.1. The SMILES string of the molecule is COCCNC(=O)Cc1csc(-c2ccc(CN3CCOCC3)cc2)n1. The van der Waals surface area contributed by atoms with Gasteiger partial charge in [0.2, 0.25) is 5.91 Å². The fourth-order valence-corrected chi connectivity index (χ4v) is 3.64. The number of amides is 1. The van der Waals surface area contributed by atoms with Gasteiger partial charge in [-0.1, -0.05) is 24.3 Å². The number of aromatic nitrogens is 1. The van der Waals surface area contributed by atoms with E-state index >= 15 is 0 Å². The molecule has 0 saturated carbocycles. The third-order valence-corrected chi connectivity index (χ3v) is 5.17. The summed E-state index contributed by atoms with van der Waals surface area (Å²) in [5.41, 5.74) is 3.19. The van der Waals surface area contributed by atoms with E-state index in [1.54, 1.807) is 18.4 Å². The van der Waals surface area contributed by atoms with Crippen LogP contribution in [0.2, 0.25) is 0 Å². The summed E-state index contributed by atoms with van der Waals surface area (Å²) in [7, 11) is 1.62. The second kappa shape index (κ2) is 9.78. The van der Waals surface area contributed by atoms with Gasteiger partial charge in [0.05, 0.1) is 31.9 Å². The molecule has 6 nitrogen and oxygen atoms in total. The number of nitrogens with one attached hydrogen (secondary N) is 1. The number of benzene rings is 1. The van der Waals surface area contributed by atoms with Crippen LogP contribution in [0.4, 0.5) is 0 Å². The van der Waals surface area contributed by atoms with Crippen molar-refractivity contribution in [2.24, 2.45) is 0 Å². The van der Waals surface area contributed by atoms with Crippen LogP contribution in [0.3, 0.4) is 0 Å². The summed E-state index contributed by atoms with van der Waals surface area (Å²) < 4.78 is 10.3. The summed E-state index contributed by atoms with van der Waals surface area (Å²) in [6, 6.07) is 8.53. The minimum Gasteiger partial charge on any atom is -0.383 e. The lowest BCUT2D eigenvalue weighted by Crippen LogP contribution is -2.35. The third kappa shape index (κ3) is 5.60. The van der Waals surface area contributed by atoms with Crippen molar-refractivity contribution in [3.63, 3.8) is 0 Å². The summed E-state index contributed by atoms with van der Waals surface area (Å²) in [6.07, 6.45) is 0.301. The molecular weight excluding hydrogens is 350 g/mol. The predicted molar refractivity (Wildman–Crippen MR) is 102 cm³/mol. The number of carbonyl (C=O) groups excluding carboxylic acids is 1. The maximum absolute atomic E-state index is 11.9. The van der Waals surface area contributed by atoms with Gasteiger partial charge in [-0.3, -0.25) is 9.69 Å². The highest BCUT2D eigenvalue weighted by atomic mass is 32.1. The Morgan fingerprint density at radius 2 is 2.08 bits per heavy atom. The Kier molecular flexibility index (Phi) is 7.13. The van der Waals surface area contributed by atoms with Crippen molar-refractivity contribution < 1.29 is 14.3 Å². The van der Waals surface area contributed by atoms with E-state index in [1.165, 1.54) is 5.56 Å². The van der Waals surface area contributed by atoms with Crippen LogP contribution in [0.25, 0.3) is 10.6 Å². The average molecular weight is 375 g/mol. The second-order valence-corrected chi connectivity index (χ2v) is 7.11. The molecule has 2 aromatic rings. The van der Waals surface area contributed by atoms with Gasteiger partial charge in [-0.25, -0.2) is 4.98 Å². The van der Waals surface area contributed by atoms with E-state index in [4.69, 9.17) is 9.47 Å². The monoisotopic (exact) mass is 375 g/mol. The molecule has 0 atom stereocenters. The van der Waals surface area contributed by atoms with E-state index in [0.29, 0.717) is 19.6 Å². The normalized spacial score (nSPS) is 15.1. The van der Waals surface area contributed by atoms with Crippen molar-refractivity contribution in [1.82, 2.24) is 15.2 Å². The van der Waals surface area contributed by atoms with Gasteiger partial charge in [0.15, 0.2) is 0 Å². The number of rotatable bonds is 8. The first-order chi connectivity index (χ1) is 12.7. The van der Waals surface area contributed by atoms with E-state index in [-0.39, 0.29) is 5.91 Å². The fourth-order valence-electron chi connectivity index (χ4n) is 2.81. The molecule has 0 aliphatic carbocycles. The Labute approximate surface area is 158 Å². The molecule has 0 unspecified atom stereocenters. The fraction of sp³-hybridized carbons (Fsp3) is 0.474. The number of nitrogens with zero attached hydrogens (tertiary/aromatic N) is 2. The Morgan fingerprint density at radius 3 is 2.81 bits per heavy atom. The molecule has 3 rings (SSSR count). The summed E-state index contributed by atoms with van der Waals surface area (Å²) in [6.45, 7) is 5.61. The maximum Gasteiger partial charge on any atom is 0.226 e. The molecule has 1 aliphatic rings. The van der Waals surface area contributed by atoms with Crippen molar-refractivity contribution in [3.05, 3.63) is 40.9 Å². The molecule has 0 bridgehead atoms. The third-order valence-electron chi connectivity index (χ3n) is 4.23. The molecule has 26 heavy (non-hydrogen) atoms. The zero-order valence-corrected chi connectivity index (χ0v) is 15.9. The average Bonchev–Trinajstić information content (AvgIpc) is 3.12. The first-order valence-electron chi connectivity index (χ1n) is 8.84. The lowest BCUT2D eigenvalue weighted by molar-refractivity contribution is -0.120. The first-order valence-corrected chi connectivity index (χ1v) is 9.72. The second-order valence-electron chi connectivity index (χ2n) is 6.25. The van der Waals surface area contributed by atoms with Crippen LogP contribution in [0.1, 0.15) is 11.3 Å². The molecule has 0 spiro atoms. The molecule has 2 heterocycles. The number of hydrogen-bond donors (Lipinski definition) is 1. The maximum atomic E-state index is 11.9. The molecule has 1 aliphatic heterocycles.